The zero-order valence-electron chi connectivity index (χ0n) is 17.1. The van der Waals surface area contributed by atoms with Crippen LogP contribution in [-0.4, -0.2) is 15.6 Å². The van der Waals surface area contributed by atoms with E-state index in [1.807, 2.05) is 6.07 Å². The number of para-hydroxylation sites is 1. The number of nitrogens with zero attached hydrogens (tertiary/aromatic N) is 1. The van der Waals surface area contributed by atoms with Crippen LogP contribution >= 0.6 is 46.6 Å². The summed E-state index contributed by atoms with van der Waals surface area (Å²) in [4.78, 5) is 11.7. The minimum Gasteiger partial charge on any atom is -0.376 e. The number of fused-ring (bicyclic) bond motifs is 3. The van der Waals surface area contributed by atoms with E-state index in [1.54, 1.807) is 36.4 Å². The lowest BCUT2D eigenvalue weighted by atomic mass is 9.77. The van der Waals surface area contributed by atoms with Gasteiger partial charge in [0.2, 0.25) is 0 Å². The van der Waals surface area contributed by atoms with Crippen LogP contribution < -0.4 is 5.32 Å². The molecule has 5 rings (SSSR count). The minimum absolute atomic E-state index is 0.0697. The molecular formula is C24H18Cl3FN2O2S. The number of thioether (sulfide) groups is 1. The molecule has 1 N–H and O–H groups in total. The van der Waals surface area contributed by atoms with Crippen molar-refractivity contribution in [3.63, 3.8) is 0 Å². The summed E-state index contributed by atoms with van der Waals surface area (Å²) in [5.41, 5.74) is 2.73. The Balaban J connectivity index is 1.56. The summed E-state index contributed by atoms with van der Waals surface area (Å²) in [5, 5.41) is 15.7. The van der Waals surface area contributed by atoms with Crippen molar-refractivity contribution in [2.75, 3.05) is 5.32 Å². The average molecular weight is 524 g/mol. The average Bonchev–Trinajstić information content (AvgIpc) is 3.10. The fourth-order valence-electron chi connectivity index (χ4n) is 5.01. The second-order valence-electron chi connectivity index (χ2n) is 8.28. The third-order valence-corrected chi connectivity index (χ3v) is 9.03. The maximum Gasteiger partial charge on any atom is 0.282 e. The van der Waals surface area contributed by atoms with Crippen molar-refractivity contribution in [3.05, 3.63) is 97.8 Å². The summed E-state index contributed by atoms with van der Waals surface area (Å²) in [7, 11) is 0. The van der Waals surface area contributed by atoms with Gasteiger partial charge in [-0.2, -0.15) is 0 Å². The van der Waals surface area contributed by atoms with E-state index in [4.69, 9.17) is 34.8 Å². The summed E-state index contributed by atoms with van der Waals surface area (Å²) >= 11 is 21.4. The van der Waals surface area contributed by atoms with E-state index in [-0.39, 0.29) is 44.9 Å². The van der Waals surface area contributed by atoms with Gasteiger partial charge in [-0.1, -0.05) is 47.5 Å². The predicted molar refractivity (Wildman–Crippen MR) is 132 cm³/mol. The van der Waals surface area contributed by atoms with Crippen molar-refractivity contribution in [1.82, 2.24) is 0 Å². The Kier molecular flexibility index (Phi) is 6.21. The fraction of sp³-hybridized carbons (Fsp3) is 0.250. The van der Waals surface area contributed by atoms with E-state index in [0.29, 0.717) is 21.4 Å². The molecule has 0 unspecified atom stereocenters. The molecular weight excluding hydrogens is 506 g/mol. The van der Waals surface area contributed by atoms with Gasteiger partial charge < -0.3 is 5.32 Å². The second-order valence-corrected chi connectivity index (χ2v) is 10.9. The normalized spacial score (nSPS) is 25.8. The Morgan fingerprint density at radius 3 is 2.55 bits per heavy atom. The zero-order valence-corrected chi connectivity index (χ0v) is 20.1. The van der Waals surface area contributed by atoms with Gasteiger partial charge in [0.25, 0.3) is 5.69 Å². The van der Waals surface area contributed by atoms with E-state index in [0.717, 1.165) is 16.8 Å². The van der Waals surface area contributed by atoms with Gasteiger partial charge in [0, 0.05) is 22.3 Å². The number of nitro groups is 1. The molecule has 3 aromatic rings. The Morgan fingerprint density at radius 1 is 1.09 bits per heavy atom. The quantitative estimate of drug-likeness (QED) is 0.213. The molecule has 9 heteroatoms. The molecule has 0 spiro atoms. The smallest absolute Gasteiger partial charge is 0.282 e. The molecule has 5 atom stereocenters. The predicted octanol–water partition coefficient (Wildman–Crippen LogP) is 8.08. The number of halogens is 4. The van der Waals surface area contributed by atoms with Crippen LogP contribution in [0.25, 0.3) is 0 Å². The molecule has 170 valence electrons. The van der Waals surface area contributed by atoms with Crippen LogP contribution in [0.1, 0.15) is 29.5 Å². The summed E-state index contributed by atoms with van der Waals surface area (Å²) in [5.74, 6) is -0.308. The molecule has 0 radical (unpaired) electrons. The standard InChI is InChI=1S/C24H18Cl3FN2O2S/c25-13-9-15-21-16(11-20(22(21)27)33-19-4-2-1-3-18(19)30(31)32)23(29-24(15)17(26)10-13)12-5-7-14(28)8-6-12/h1-10,16,20-23,29H,11H2/t16-,20+,21-,22-,23-/m0/s1. The highest BCUT2D eigenvalue weighted by molar-refractivity contribution is 8.00. The highest BCUT2D eigenvalue weighted by Crippen LogP contribution is 2.59. The number of benzene rings is 3. The van der Waals surface area contributed by atoms with E-state index in [1.165, 1.54) is 30.0 Å². The maximum absolute atomic E-state index is 13.6. The lowest BCUT2D eigenvalue weighted by molar-refractivity contribution is -0.387. The number of anilines is 1. The van der Waals surface area contributed by atoms with Crippen LogP contribution in [0, 0.1) is 21.8 Å². The van der Waals surface area contributed by atoms with Gasteiger partial charge in [0.05, 0.1) is 31.9 Å². The topological polar surface area (TPSA) is 55.2 Å². The summed E-state index contributed by atoms with van der Waals surface area (Å²) in [6.07, 6.45) is 0.716. The van der Waals surface area contributed by atoms with Crippen LogP contribution in [0.5, 0.6) is 0 Å². The lowest BCUT2D eigenvalue weighted by Gasteiger charge is -2.39. The number of nitrogens with one attached hydrogen (secondary N) is 1. The molecule has 1 heterocycles. The van der Waals surface area contributed by atoms with Gasteiger partial charge in [-0.25, -0.2) is 4.39 Å². The fourth-order valence-corrected chi connectivity index (χ4v) is 7.52. The van der Waals surface area contributed by atoms with E-state index in [9.17, 15) is 14.5 Å². The molecule has 1 aliphatic carbocycles. The first-order valence-corrected chi connectivity index (χ1v) is 12.5. The SMILES string of the molecule is O=[N+]([O-])c1ccccc1S[C@@H]1C[C@H]2[C@H](c3cc(Cl)cc(Cl)c3N[C@H]2c2ccc(F)cc2)[C@H]1Cl. The molecule has 1 fully saturated rings. The lowest BCUT2D eigenvalue weighted by Crippen LogP contribution is -2.31. The van der Waals surface area contributed by atoms with Crippen molar-refractivity contribution < 1.29 is 9.31 Å². The van der Waals surface area contributed by atoms with Gasteiger partial charge >= 0.3 is 0 Å². The third-order valence-electron chi connectivity index (χ3n) is 6.41. The van der Waals surface area contributed by atoms with Gasteiger partial charge in [0.1, 0.15) is 5.82 Å². The van der Waals surface area contributed by atoms with Gasteiger partial charge in [0.15, 0.2) is 0 Å². The molecule has 4 nitrogen and oxygen atoms in total. The van der Waals surface area contributed by atoms with Crippen molar-refractivity contribution in [2.24, 2.45) is 5.92 Å². The van der Waals surface area contributed by atoms with E-state index < -0.39 is 0 Å². The first kappa shape index (κ1) is 22.8. The Bertz CT molecular complexity index is 1230. The first-order valence-electron chi connectivity index (χ1n) is 10.4. The first-order chi connectivity index (χ1) is 15.8. The van der Waals surface area contributed by atoms with Crippen LogP contribution in [0.4, 0.5) is 15.8 Å². The Morgan fingerprint density at radius 2 is 1.82 bits per heavy atom. The number of hydrogen-bond donors (Lipinski definition) is 1. The zero-order chi connectivity index (χ0) is 23.3. The summed E-state index contributed by atoms with van der Waals surface area (Å²) in [6, 6.07) is 16.6. The maximum atomic E-state index is 13.6. The van der Waals surface area contributed by atoms with Crippen LogP contribution in [0.2, 0.25) is 10.0 Å². The number of hydrogen-bond acceptors (Lipinski definition) is 4. The summed E-state index contributed by atoms with van der Waals surface area (Å²) in [6.45, 7) is 0. The Hall–Kier alpha value is -1.99. The van der Waals surface area contributed by atoms with Crippen LogP contribution in [0.15, 0.2) is 65.6 Å². The summed E-state index contributed by atoms with van der Waals surface area (Å²) < 4.78 is 13.6. The highest BCUT2D eigenvalue weighted by atomic mass is 35.5. The van der Waals surface area contributed by atoms with Crippen molar-refractivity contribution in [1.29, 1.82) is 0 Å². The van der Waals surface area contributed by atoms with Crippen LogP contribution in [0.3, 0.4) is 0 Å². The largest absolute Gasteiger partial charge is 0.376 e. The molecule has 0 aromatic heterocycles. The van der Waals surface area contributed by atoms with Crippen molar-refractivity contribution in [3.8, 4) is 0 Å². The highest BCUT2D eigenvalue weighted by Gasteiger charge is 2.50. The van der Waals surface area contributed by atoms with E-state index >= 15 is 0 Å². The third kappa shape index (κ3) is 4.18. The molecule has 2 aliphatic rings. The molecule has 0 amide bonds. The van der Waals surface area contributed by atoms with Gasteiger partial charge in [-0.3, -0.25) is 10.1 Å². The van der Waals surface area contributed by atoms with E-state index in [2.05, 4.69) is 5.32 Å². The molecule has 1 saturated carbocycles. The monoisotopic (exact) mass is 522 g/mol. The van der Waals surface area contributed by atoms with Crippen molar-refractivity contribution in [2.45, 2.75) is 33.9 Å². The number of alkyl halides is 1. The van der Waals surface area contributed by atoms with Gasteiger partial charge in [-0.05, 0) is 53.8 Å². The Labute approximate surface area is 209 Å². The molecule has 3 aromatic carbocycles. The second kappa shape index (κ2) is 8.99. The molecule has 1 aliphatic heterocycles. The number of rotatable bonds is 4. The molecule has 0 bridgehead atoms. The molecule has 33 heavy (non-hydrogen) atoms. The van der Waals surface area contributed by atoms with Gasteiger partial charge in [-0.15, -0.1) is 23.4 Å². The molecule has 0 saturated heterocycles. The number of nitro benzene ring substituents is 1. The minimum atomic E-state index is -0.370. The van der Waals surface area contributed by atoms with Crippen molar-refractivity contribution >= 4 is 57.9 Å². The van der Waals surface area contributed by atoms with Crippen LogP contribution in [-0.2, 0) is 0 Å².